The van der Waals surface area contributed by atoms with Crippen LogP contribution in [0.5, 0.6) is 5.75 Å². The fourth-order valence-corrected chi connectivity index (χ4v) is 5.25. The maximum atomic E-state index is 14.8. The van der Waals surface area contributed by atoms with E-state index in [-0.39, 0.29) is 28.8 Å². The summed E-state index contributed by atoms with van der Waals surface area (Å²) in [5.41, 5.74) is -0.179. The van der Waals surface area contributed by atoms with E-state index < -0.39 is 17.5 Å². The summed E-state index contributed by atoms with van der Waals surface area (Å²) >= 11 is 0. The minimum absolute atomic E-state index is 0.00991. The van der Waals surface area contributed by atoms with Crippen LogP contribution in [0.4, 0.5) is 20.5 Å². The van der Waals surface area contributed by atoms with Gasteiger partial charge in [-0.25, -0.2) is 8.78 Å². The van der Waals surface area contributed by atoms with E-state index in [9.17, 15) is 13.6 Å². The first kappa shape index (κ1) is 25.0. The number of nitrogens with zero attached hydrogens (tertiary/aromatic N) is 3. The summed E-state index contributed by atoms with van der Waals surface area (Å²) in [6, 6.07) is 2.49. The molecule has 2 aliphatic carbocycles. The lowest BCUT2D eigenvalue weighted by molar-refractivity contribution is -0.0379. The van der Waals surface area contributed by atoms with Crippen LogP contribution in [0.3, 0.4) is 0 Å². The minimum atomic E-state index is -0.839. The highest BCUT2D eigenvalue weighted by Gasteiger charge is 2.47. The Bertz CT molecular complexity index is 1090. The molecule has 5 rings (SSSR count). The van der Waals surface area contributed by atoms with Crippen molar-refractivity contribution in [3.8, 4) is 5.75 Å². The molecule has 2 unspecified atom stereocenters. The number of carbonyl (C=O) groups excluding carboxylic acids is 1. The van der Waals surface area contributed by atoms with E-state index in [1.54, 1.807) is 7.11 Å². The van der Waals surface area contributed by atoms with Gasteiger partial charge in [0, 0.05) is 24.9 Å². The molecule has 2 saturated carbocycles. The predicted octanol–water partition coefficient (Wildman–Crippen LogP) is 4.45. The van der Waals surface area contributed by atoms with Crippen molar-refractivity contribution in [3.05, 3.63) is 35.2 Å². The Hall–Kier alpha value is -2.72. The molecule has 196 valence electrons. The van der Waals surface area contributed by atoms with E-state index in [0.717, 1.165) is 37.9 Å². The number of fused-ring (bicyclic) bond motifs is 1. The lowest BCUT2D eigenvalue weighted by atomic mass is 9.91. The maximum Gasteiger partial charge on any atom is 0.298 e. The average Bonchev–Trinajstić information content (AvgIpc) is 3.22. The van der Waals surface area contributed by atoms with Gasteiger partial charge in [-0.05, 0) is 51.1 Å². The number of hydrogen-bond donors (Lipinski definition) is 1. The third-order valence-corrected chi connectivity index (χ3v) is 7.90. The first-order valence-electron chi connectivity index (χ1n) is 12.7. The number of benzene rings is 1. The summed E-state index contributed by atoms with van der Waals surface area (Å²) in [4.78, 5) is 21.5. The third-order valence-electron chi connectivity index (χ3n) is 7.90. The molecule has 0 radical (unpaired) electrons. The Balaban J connectivity index is 1.31. The largest absolute Gasteiger partial charge is 0.484 e. The molecule has 1 aliphatic heterocycles. The van der Waals surface area contributed by atoms with E-state index in [0.29, 0.717) is 43.2 Å². The number of aromatic nitrogens is 1. The molecule has 1 aromatic carbocycles. The third kappa shape index (κ3) is 4.80. The van der Waals surface area contributed by atoms with Crippen LogP contribution >= 0.6 is 0 Å². The molecule has 0 bridgehead atoms. The first-order valence-corrected chi connectivity index (χ1v) is 12.7. The van der Waals surface area contributed by atoms with Gasteiger partial charge in [0.05, 0.1) is 25.7 Å². The van der Waals surface area contributed by atoms with Gasteiger partial charge in [-0.15, -0.1) is 0 Å². The van der Waals surface area contributed by atoms with E-state index in [2.05, 4.69) is 17.2 Å². The van der Waals surface area contributed by atoms with Crippen molar-refractivity contribution >= 4 is 17.6 Å². The van der Waals surface area contributed by atoms with Gasteiger partial charge in [0.1, 0.15) is 5.60 Å². The molecule has 1 saturated heterocycles. The SMILES string of the molecule is CCN(C)Cc1oc(N2CC(CC)(OC)C2)nc1C(=O)Nc1cc(F)c(OC2CC3CC3C2)c(F)c1. The van der Waals surface area contributed by atoms with Crippen LogP contribution in [0.1, 0.15) is 55.8 Å². The molecule has 36 heavy (non-hydrogen) atoms. The predicted molar refractivity (Wildman–Crippen MR) is 130 cm³/mol. The molecular formula is C26H34F2N4O4. The van der Waals surface area contributed by atoms with Crippen LogP contribution in [0.15, 0.2) is 16.5 Å². The second-order valence-corrected chi connectivity index (χ2v) is 10.4. The Labute approximate surface area is 209 Å². The van der Waals surface area contributed by atoms with Gasteiger partial charge in [-0.3, -0.25) is 9.69 Å². The van der Waals surface area contributed by atoms with Gasteiger partial charge in [0.2, 0.25) is 0 Å². The topological polar surface area (TPSA) is 80.1 Å². The molecule has 3 fully saturated rings. The summed E-state index contributed by atoms with van der Waals surface area (Å²) in [6.45, 7) is 6.36. The number of anilines is 2. The Morgan fingerprint density at radius 1 is 1.22 bits per heavy atom. The number of halogens is 2. The van der Waals surface area contributed by atoms with Gasteiger partial charge in [-0.1, -0.05) is 13.8 Å². The maximum absolute atomic E-state index is 14.8. The zero-order valence-corrected chi connectivity index (χ0v) is 21.3. The number of methoxy groups -OCH3 is 1. The summed E-state index contributed by atoms with van der Waals surface area (Å²) in [5, 5.41) is 2.57. The number of hydrogen-bond acceptors (Lipinski definition) is 7. The molecule has 0 spiro atoms. The van der Waals surface area contributed by atoms with Crippen molar-refractivity contribution in [2.75, 3.05) is 44.0 Å². The van der Waals surface area contributed by atoms with E-state index in [4.69, 9.17) is 13.9 Å². The zero-order valence-electron chi connectivity index (χ0n) is 21.3. The lowest BCUT2D eigenvalue weighted by Crippen LogP contribution is -2.62. The van der Waals surface area contributed by atoms with Crippen LogP contribution < -0.4 is 15.0 Å². The number of oxazole rings is 1. The number of amides is 1. The highest BCUT2D eigenvalue weighted by molar-refractivity contribution is 6.03. The van der Waals surface area contributed by atoms with Crippen LogP contribution in [0, 0.1) is 23.5 Å². The highest BCUT2D eigenvalue weighted by atomic mass is 19.1. The van der Waals surface area contributed by atoms with Gasteiger partial charge in [0.15, 0.2) is 28.8 Å². The molecule has 2 atom stereocenters. The molecule has 2 heterocycles. The van der Waals surface area contributed by atoms with E-state index in [1.165, 1.54) is 6.42 Å². The smallest absolute Gasteiger partial charge is 0.298 e. The van der Waals surface area contributed by atoms with Crippen LogP contribution in [-0.2, 0) is 11.3 Å². The van der Waals surface area contributed by atoms with Crippen LogP contribution in [0.2, 0.25) is 0 Å². The van der Waals surface area contributed by atoms with Crippen molar-refractivity contribution < 1.29 is 27.5 Å². The number of rotatable bonds is 10. The van der Waals surface area contributed by atoms with Crippen molar-refractivity contribution in [2.24, 2.45) is 11.8 Å². The number of carbonyl (C=O) groups is 1. The molecule has 1 aromatic heterocycles. The average molecular weight is 505 g/mol. The molecule has 2 aromatic rings. The quantitative estimate of drug-likeness (QED) is 0.512. The van der Waals surface area contributed by atoms with Crippen molar-refractivity contribution in [1.82, 2.24) is 9.88 Å². The van der Waals surface area contributed by atoms with E-state index >= 15 is 0 Å². The van der Waals surface area contributed by atoms with Gasteiger partial charge in [0.25, 0.3) is 11.9 Å². The highest BCUT2D eigenvalue weighted by Crippen LogP contribution is 2.52. The monoisotopic (exact) mass is 504 g/mol. The van der Waals surface area contributed by atoms with Gasteiger partial charge < -0.3 is 24.1 Å². The first-order chi connectivity index (χ1) is 17.2. The fraction of sp³-hybridized carbons (Fsp3) is 0.615. The second kappa shape index (κ2) is 9.63. The molecule has 1 amide bonds. The summed E-state index contributed by atoms with van der Waals surface area (Å²) in [7, 11) is 3.58. The van der Waals surface area contributed by atoms with Gasteiger partial charge in [-0.2, -0.15) is 4.98 Å². The van der Waals surface area contributed by atoms with Crippen LogP contribution in [-0.4, -0.2) is 61.3 Å². The van der Waals surface area contributed by atoms with Gasteiger partial charge >= 0.3 is 0 Å². The Kier molecular flexibility index (Phi) is 6.67. The standard InChI is InChI=1S/C26H34F2N4O4/c1-5-26(34-4)13-32(14-26)25-30-22(21(36-25)12-31(3)6-2)24(33)29-17-10-19(27)23(20(28)11-17)35-18-8-15-7-16(15)9-18/h10-11,15-16,18H,5-9,12-14H2,1-4H3,(H,29,33). The minimum Gasteiger partial charge on any atom is -0.484 e. The fourth-order valence-electron chi connectivity index (χ4n) is 5.25. The number of nitrogens with one attached hydrogen (secondary N) is 1. The number of ether oxygens (including phenoxy) is 2. The van der Waals surface area contributed by atoms with Crippen molar-refractivity contribution in [2.45, 2.75) is 57.8 Å². The zero-order chi connectivity index (χ0) is 25.6. The van der Waals surface area contributed by atoms with Crippen molar-refractivity contribution in [1.29, 1.82) is 0 Å². The normalized spacial score (nSPS) is 24.0. The molecule has 3 aliphatic rings. The van der Waals surface area contributed by atoms with Crippen LogP contribution in [0.25, 0.3) is 0 Å². The van der Waals surface area contributed by atoms with E-state index in [1.807, 2.05) is 23.8 Å². The molecule has 10 heteroatoms. The Morgan fingerprint density at radius 3 is 2.47 bits per heavy atom. The van der Waals surface area contributed by atoms with Crippen molar-refractivity contribution in [3.63, 3.8) is 0 Å². The second-order valence-electron chi connectivity index (χ2n) is 10.4. The molecule has 1 N–H and O–H groups in total. The molecule has 8 nitrogen and oxygen atoms in total. The molecular weight excluding hydrogens is 470 g/mol. The summed E-state index contributed by atoms with van der Waals surface area (Å²) in [6.07, 6.45) is 3.56. The lowest BCUT2D eigenvalue weighted by Gasteiger charge is -2.47. The summed E-state index contributed by atoms with van der Waals surface area (Å²) < 4.78 is 46.7. The summed E-state index contributed by atoms with van der Waals surface area (Å²) in [5.74, 6) is -0.999. The Morgan fingerprint density at radius 2 is 1.89 bits per heavy atom.